The first-order chi connectivity index (χ1) is 10.6. The molecule has 114 valence electrons. The Labute approximate surface area is 138 Å². The molecule has 1 aliphatic rings. The first kappa shape index (κ1) is 15.3. The van der Waals surface area contributed by atoms with Gasteiger partial charge in [-0.05, 0) is 53.7 Å². The smallest absolute Gasteiger partial charge is 0.136 e. The van der Waals surface area contributed by atoms with Crippen molar-refractivity contribution in [2.24, 2.45) is 0 Å². The topological polar surface area (TPSA) is 46.1 Å². The third-order valence-corrected chi connectivity index (χ3v) is 4.96. The van der Waals surface area contributed by atoms with Crippen molar-refractivity contribution < 1.29 is 4.79 Å². The molecule has 0 bridgehead atoms. The molecule has 5 heteroatoms. The monoisotopic (exact) mass is 359 g/mol. The number of carbonyl (C=O) groups is 1. The zero-order valence-electron chi connectivity index (χ0n) is 12.7. The number of ketones is 1. The highest BCUT2D eigenvalue weighted by atomic mass is 79.9. The summed E-state index contributed by atoms with van der Waals surface area (Å²) in [6.45, 7) is 2.04. The standard InChI is InChI=1S/C17H18BrN3O/c1-11-5-3-7-19-16(11)14-9-12(22)10-15(21(14)2)17-13(18)6-4-8-20-17/h3-8,14-15H,9-10H2,1-2H3/t14-,15+/m0/s1. The van der Waals surface area contributed by atoms with Crippen LogP contribution < -0.4 is 0 Å². The van der Waals surface area contributed by atoms with E-state index in [4.69, 9.17) is 0 Å². The number of aryl methyl sites for hydroxylation is 1. The number of hydrogen-bond acceptors (Lipinski definition) is 4. The molecule has 1 aliphatic heterocycles. The van der Waals surface area contributed by atoms with Crippen molar-refractivity contribution in [1.82, 2.24) is 14.9 Å². The summed E-state index contributed by atoms with van der Waals surface area (Å²) < 4.78 is 0.943. The SMILES string of the molecule is Cc1cccnc1[C@@H]1CC(=O)C[C@H](c2ncccc2Br)N1C. The average molecular weight is 360 g/mol. The van der Waals surface area contributed by atoms with Gasteiger partial charge in [-0.2, -0.15) is 0 Å². The van der Waals surface area contributed by atoms with Crippen molar-refractivity contribution in [2.75, 3.05) is 7.05 Å². The van der Waals surface area contributed by atoms with Crippen molar-refractivity contribution >= 4 is 21.7 Å². The number of halogens is 1. The second kappa shape index (κ2) is 6.26. The molecule has 0 saturated carbocycles. The Balaban J connectivity index is 1.99. The minimum Gasteiger partial charge on any atom is -0.300 e. The van der Waals surface area contributed by atoms with Gasteiger partial charge in [0.25, 0.3) is 0 Å². The Bertz CT molecular complexity index is 646. The summed E-state index contributed by atoms with van der Waals surface area (Å²) in [5.41, 5.74) is 3.01. The zero-order chi connectivity index (χ0) is 15.7. The van der Waals surface area contributed by atoms with E-state index in [1.807, 2.05) is 31.2 Å². The Morgan fingerprint density at radius 2 is 1.68 bits per heavy atom. The van der Waals surface area contributed by atoms with E-state index in [2.05, 4.69) is 37.8 Å². The van der Waals surface area contributed by atoms with E-state index in [1.54, 1.807) is 12.4 Å². The van der Waals surface area contributed by atoms with Gasteiger partial charge in [0.15, 0.2) is 0 Å². The average Bonchev–Trinajstić information content (AvgIpc) is 2.51. The van der Waals surface area contributed by atoms with E-state index in [0.29, 0.717) is 12.8 Å². The maximum atomic E-state index is 12.3. The highest BCUT2D eigenvalue weighted by Gasteiger charge is 2.36. The van der Waals surface area contributed by atoms with E-state index < -0.39 is 0 Å². The number of hydrogen-bond donors (Lipinski definition) is 0. The van der Waals surface area contributed by atoms with Gasteiger partial charge in [0.05, 0.1) is 23.5 Å². The van der Waals surface area contributed by atoms with Crippen molar-refractivity contribution in [1.29, 1.82) is 0 Å². The molecular formula is C17H18BrN3O. The van der Waals surface area contributed by atoms with Crippen LogP contribution in [-0.4, -0.2) is 27.7 Å². The lowest BCUT2D eigenvalue weighted by Crippen LogP contribution is -2.38. The quantitative estimate of drug-likeness (QED) is 0.821. The number of piperidine rings is 1. The predicted octanol–water partition coefficient (Wildman–Crippen LogP) is 3.62. The summed E-state index contributed by atoms with van der Waals surface area (Å²) >= 11 is 3.55. The maximum Gasteiger partial charge on any atom is 0.136 e. The van der Waals surface area contributed by atoms with Gasteiger partial charge in [0.2, 0.25) is 0 Å². The van der Waals surface area contributed by atoms with Crippen molar-refractivity contribution in [2.45, 2.75) is 31.8 Å². The Hall–Kier alpha value is -1.59. The predicted molar refractivity (Wildman–Crippen MR) is 88.4 cm³/mol. The van der Waals surface area contributed by atoms with Crippen molar-refractivity contribution in [3.05, 3.63) is 58.1 Å². The van der Waals surface area contributed by atoms with E-state index >= 15 is 0 Å². The summed E-state index contributed by atoms with van der Waals surface area (Å²) in [5, 5.41) is 0. The number of carbonyl (C=O) groups excluding carboxylic acids is 1. The first-order valence-corrected chi connectivity index (χ1v) is 8.12. The molecule has 2 atom stereocenters. The van der Waals surface area contributed by atoms with Crippen LogP contribution in [0, 0.1) is 6.92 Å². The van der Waals surface area contributed by atoms with E-state index in [1.165, 1.54) is 0 Å². The van der Waals surface area contributed by atoms with Crippen LogP contribution in [0.15, 0.2) is 41.1 Å². The normalized spacial score (nSPS) is 22.8. The summed E-state index contributed by atoms with van der Waals surface area (Å²) in [4.78, 5) is 23.5. The third kappa shape index (κ3) is 2.83. The highest BCUT2D eigenvalue weighted by molar-refractivity contribution is 9.10. The summed E-state index contributed by atoms with van der Waals surface area (Å²) in [6.07, 6.45) is 4.57. The van der Waals surface area contributed by atoms with Gasteiger partial charge in [0, 0.05) is 29.7 Å². The minimum atomic E-state index is -0.0248. The van der Waals surface area contributed by atoms with Crippen LogP contribution in [0.25, 0.3) is 0 Å². The van der Waals surface area contributed by atoms with Crippen LogP contribution in [0.4, 0.5) is 0 Å². The molecule has 1 saturated heterocycles. The second-order valence-corrected chi connectivity index (χ2v) is 6.57. The number of rotatable bonds is 2. The molecule has 0 radical (unpaired) electrons. The maximum absolute atomic E-state index is 12.3. The fraction of sp³-hybridized carbons (Fsp3) is 0.353. The number of likely N-dealkylation sites (tertiary alicyclic amines) is 1. The molecule has 3 rings (SSSR count). The van der Waals surface area contributed by atoms with Crippen molar-refractivity contribution in [3.63, 3.8) is 0 Å². The van der Waals surface area contributed by atoms with E-state index in [0.717, 1.165) is 21.4 Å². The van der Waals surface area contributed by atoms with Crippen LogP contribution in [0.5, 0.6) is 0 Å². The summed E-state index contributed by atoms with van der Waals surface area (Å²) in [5.74, 6) is 0.260. The van der Waals surface area contributed by atoms with Crippen LogP contribution in [0.2, 0.25) is 0 Å². The van der Waals surface area contributed by atoms with Crippen LogP contribution in [0.3, 0.4) is 0 Å². The van der Waals surface area contributed by atoms with Crippen LogP contribution >= 0.6 is 15.9 Å². The Morgan fingerprint density at radius 3 is 2.32 bits per heavy atom. The molecule has 0 unspecified atom stereocenters. The molecule has 0 aromatic carbocycles. The molecule has 22 heavy (non-hydrogen) atoms. The highest BCUT2D eigenvalue weighted by Crippen LogP contribution is 2.40. The Kier molecular flexibility index (Phi) is 4.36. The largest absolute Gasteiger partial charge is 0.300 e. The number of pyridine rings is 2. The molecule has 0 amide bonds. The molecule has 0 N–H and O–H groups in total. The molecule has 4 nitrogen and oxygen atoms in total. The van der Waals surface area contributed by atoms with Gasteiger partial charge in [0.1, 0.15) is 5.78 Å². The van der Waals surface area contributed by atoms with Gasteiger partial charge in [-0.1, -0.05) is 6.07 Å². The molecule has 2 aromatic rings. The summed E-state index contributed by atoms with van der Waals surface area (Å²) in [6, 6.07) is 7.80. The van der Waals surface area contributed by atoms with Gasteiger partial charge in [-0.15, -0.1) is 0 Å². The van der Waals surface area contributed by atoms with Gasteiger partial charge in [-0.3, -0.25) is 19.7 Å². The van der Waals surface area contributed by atoms with Crippen LogP contribution in [-0.2, 0) is 4.79 Å². The molecule has 2 aromatic heterocycles. The molecule has 1 fully saturated rings. The number of aromatic nitrogens is 2. The lowest BCUT2D eigenvalue weighted by molar-refractivity contribution is -0.125. The molecule has 3 heterocycles. The fourth-order valence-corrected chi connectivity index (χ4v) is 3.61. The number of nitrogens with zero attached hydrogens (tertiary/aromatic N) is 3. The number of Topliss-reactive ketones (excluding diaryl/α,β-unsaturated/α-hetero) is 1. The minimum absolute atomic E-state index is 0.00126. The molecular weight excluding hydrogens is 342 g/mol. The third-order valence-electron chi connectivity index (χ3n) is 4.29. The van der Waals surface area contributed by atoms with Crippen molar-refractivity contribution in [3.8, 4) is 0 Å². The first-order valence-electron chi connectivity index (χ1n) is 7.33. The van der Waals surface area contributed by atoms with E-state index in [-0.39, 0.29) is 17.9 Å². The van der Waals surface area contributed by atoms with Gasteiger partial charge < -0.3 is 0 Å². The lowest BCUT2D eigenvalue weighted by Gasteiger charge is -2.39. The molecule has 0 spiro atoms. The van der Waals surface area contributed by atoms with E-state index in [9.17, 15) is 4.79 Å². The summed E-state index contributed by atoms with van der Waals surface area (Å²) in [7, 11) is 2.05. The lowest BCUT2D eigenvalue weighted by atomic mass is 9.90. The fourth-order valence-electron chi connectivity index (χ4n) is 3.09. The van der Waals surface area contributed by atoms with Gasteiger partial charge >= 0.3 is 0 Å². The molecule has 0 aliphatic carbocycles. The van der Waals surface area contributed by atoms with Crippen LogP contribution in [0.1, 0.15) is 41.9 Å². The zero-order valence-corrected chi connectivity index (χ0v) is 14.2. The second-order valence-electron chi connectivity index (χ2n) is 5.72. The van der Waals surface area contributed by atoms with Gasteiger partial charge in [-0.25, -0.2) is 0 Å². The Morgan fingerprint density at radius 1 is 1.09 bits per heavy atom.